The number of amidine groups is 1. The fourth-order valence-electron chi connectivity index (χ4n) is 2.31. The number of hydrogen-bond donors (Lipinski definition) is 1. The average Bonchev–Trinajstić information content (AvgIpc) is 3.13. The Bertz CT molecular complexity index is 541. The molecule has 0 saturated carbocycles. The summed E-state index contributed by atoms with van der Waals surface area (Å²) in [6, 6.07) is 3.61. The summed E-state index contributed by atoms with van der Waals surface area (Å²) in [6.07, 6.45) is 1.83. The Hall–Kier alpha value is -1.76. The number of likely N-dealkylation sites (tertiary alicyclic amines) is 1. The molecule has 3 rings (SSSR count). The highest BCUT2D eigenvalue weighted by Crippen LogP contribution is 2.21. The third-order valence-electron chi connectivity index (χ3n) is 3.33. The second-order valence-corrected chi connectivity index (χ2v) is 5.86. The molecule has 20 heavy (non-hydrogen) atoms. The highest BCUT2D eigenvalue weighted by molar-refractivity contribution is 8.14. The van der Waals surface area contributed by atoms with Crippen LogP contribution in [0.3, 0.4) is 0 Å². The molecule has 7 heteroatoms. The lowest BCUT2D eigenvalue weighted by molar-refractivity contribution is -0.129. The summed E-state index contributed by atoms with van der Waals surface area (Å²) in [7, 11) is 0. The third-order valence-corrected chi connectivity index (χ3v) is 4.22. The molecule has 0 aliphatic carbocycles. The van der Waals surface area contributed by atoms with Crippen LogP contribution in [0.1, 0.15) is 12.2 Å². The third kappa shape index (κ3) is 2.87. The maximum Gasteiger partial charge on any atom is 0.231 e. The highest BCUT2D eigenvalue weighted by Gasteiger charge is 2.35. The van der Waals surface area contributed by atoms with Crippen molar-refractivity contribution in [3.05, 3.63) is 24.2 Å². The summed E-state index contributed by atoms with van der Waals surface area (Å²) in [5.74, 6) is 1.21. The number of hydrogen-bond acceptors (Lipinski definition) is 5. The van der Waals surface area contributed by atoms with Crippen LogP contribution >= 0.6 is 11.8 Å². The van der Waals surface area contributed by atoms with Crippen molar-refractivity contribution in [3.8, 4) is 0 Å². The summed E-state index contributed by atoms with van der Waals surface area (Å²) >= 11 is 1.54. The van der Waals surface area contributed by atoms with Crippen LogP contribution in [0.25, 0.3) is 0 Å². The summed E-state index contributed by atoms with van der Waals surface area (Å²) in [5, 5.41) is 3.47. The lowest BCUT2D eigenvalue weighted by Crippen LogP contribution is -2.35. The summed E-state index contributed by atoms with van der Waals surface area (Å²) in [5.41, 5.74) is 0. The van der Waals surface area contributed by atoms with E-state index in [0.29, 0.717) is 18.3 Å². The molecule has 1 fully saturated rings. The summed E-state index contributed by atoms with van der Waals surface area (Å²) in [6.45, 7) is 1.60. The standard InChI is InChI=1S/C13H15N3O3S/c17-11-6-9(12(18)15-13-14-3-5-20-13)7-16(11)8-10-2-1-4-19-10/h1-2,4,9H,3,5-8H2,(H,14,15,18)/t9-/m0/s1. The molecule has 2 aliphatic rings. The number of amides is 2. The van der Waals surface area contributed by atoms with Gasteiger partial charge in [0.15, 0.2) is 5.17 Å². The second-order valence-electron chi connectivity index (χ2n) is 4.78. The number of rotatable bonds is 3. The largest absolute Gasteiger partial charge is 0.467 e. The maximum atomic E-state index is 12.1. The number of furan rings is 1. The molecule has 0 spiro atoms. The molecule has 0 aromatic carbocycles. The van der Waals surface area contributed by atoms with Crippen LogP contribution in [0.5, 0.6) is 0 Å². The van der Waals surface area contributed by atoms with Gasteiger partial charge >= 0.3 is 0 Å². The molecule has 6 nitrogen and oxygen atoms in total. The number of carbonyl (C=O) groups excluding carboxylic acids is 2. The summed E-state index contributed by atoms with van der Waals surface area (Å²) < 4.78 is 5.23. The monoisotopic (exact) mass is 293 g/mol. The van der Waals surface area contributed by atoms with E-state index in [0.717, 1.165) is 18.1 Å². The zero-order valence-corrected chi connectivity index (χ0v) is 11.7. The first-order chi connectivity index (χ1) is 9.72. The van der Waals surface area contributed by atoms with Gasteiger partial charge in [-0.25, -0.2) is 0 Å². The fourth-order valence-corrected chi connectivity index (χ4v) is 3.04. The van der Waals surface area contributed by atoms with Crippen molar-refractivity contribution >= 4 is 28.7 Å². The molecule has 0 radical (unpaired) electrons. The van der Waals surface area contributed by atoms with Crippen molar-refractivity contribution in [2.75, 3.05) is 18.8 Å². The minimum atomic E-state index is -0.304. The minimum Gasteiger partial charge on any atom is -0.467 e. The first kappa shape index (κ1) is 13.2. The molecule has 3 heterocycles. The van der Waals surface area contributed by atoms with Crippen LogP contribution in [0.4, 0.5) is 0 Å². The Labute approximate surface area is 120 Å². The normalized spacial score (nSPS) is 22.2. The molecule has 1 saturated heterocycles. The number of thioether (sulfide) groups is 1. The van der Waals surface area contributed by atoms with Gasteiger partial charge in [0, 0.05) is 18.7 Å². The van der Waals surface area contributed by atoms with Gasteiger partial charge in [-0.3, -0.25) is 14.6 Å². The number of nitrogens with one attached hydrogen (secondary N) is 1. The van der Waals surface area contributed by atoms with E-state index >= 15 is 0 Å². The first-order valence-electron chi connectivity index (χ1n) is 6.50. The van der Waals surface area contributed by atoms with Crippen LogP contribution in [0.2, 0.25) is 0 Å². The average molecular weight is 293 g/mol. The van der Waals surface area contributed by atoms with Crippen molar-refractivity contribution in [2.45, 2.75) is 13.0 Å². The van der Waals surface area contributed by atoms with E-state index in [-0.39, 0.29) is 24.2 Å². The quantitative estimate of drug-likeness (QED) is 0.896. The highest BCUT2D eigenvalue weighted by atomic mass is 32.2. The van der Waals surface area contributed by atoms with Gasteiger partial charge in [0.05, 0.1) is 25.3 Å². The van der Waals surface area contributed by atoms with Gasteiger partial charge in [0.2, 0.25) is 11.8 Å². The van der Waals surface area contributed by atoms with Gasteiger partial charge in [-0.1, -0.05) is 11.8 Å². The lowest BCUT2D eigenvalue weighted by atomic mass is 10.1. The summed E-state index contributed by atoms with van der Waals surface area (Å²) in [4.78, 5) is 29.8. The van der Waals surface area contributed by atoms with Crippen LogP contribution in [0.15, 0.2) is 27.8 Å². The van der Waals surface area contributed by atoms with Crippen LogP contribution in [-0.4, -0.2) is 40.7 Å². The zero-order valence-electron chi connectivity index (χ0n) is 10.9. The predicted octanol–water partition coefficient (Wildman–Crippen LogP) is 0.847. The van der Waals surface area contributed by atoms with Crippen molar-refractivity contribution in [3.63, 3.8) is 0 Å². The van der Waals surface area contributed by atoms with E-state index in [1.54, 1.807) is 17.2 Å². The molecule has 106 valence electrons. The van der Waals surface area contributed by atoms with Gasteiger partial charge in [0.1, 0.15) is 5.76 Å². The molecule has 2 aliphatic heterocycles. The molecule has 2 amide bonds. The van der Waals surface area contributed by atoms with Crippen molar-refractivity contribution in [1.29, 1.82) is 0 Å². The Morgan fingerprint density at radius 2 is 2.50 bits per heavy atom. The van der Waals surface area contributed by atoms with Crippen molar-refractivity contribution in [1.82, 2.24) is 10.2 Å². The molecule has 1 aromatic heterocycles. The van der Waals surface area contributed by atoms with E-state index in [1.807, 2.05) is 6.07 Å². The van der Waals surface area contributed by atoms with E-state index < -0.39 is 0 Å². The Balaban J connectivity index is 1.57. The van der Waals surface area contributed by atoms with Crippen LogP contribution in [0, 0.1) is 5.92 Å². The number of carbonyl (C=O) groups is 2. The van der Waals surface area contributed by atoms with Crippen LogP contribution in [-0.2, 0) is 16.1 Å². The Morgan fingerprint density at radius 3 is 3.20 bits per heavy atom. The Morgan fingerprint density at radius 1 is 1.60 bits per heavy atom. The zero-order chi connectivity index (χ0) is 13.9. The number of nitrogens with zero attached hydrogens (tertiary/aromatic N) is 2. The number of aliphatic imine (C=N–C) groups is 1. The van der Waals surface area contributed by atoms with Gasteiger partial charge in [-0.15, -0.1) is 0 Å². The van der Waals surface area contributed by atoms with Gasteiger partial charge in [-0.2, -0.15) is 0 Å². The fraction of sp³-hybridized carbons (Fsp3) is 0.462. The molecule has 1 aromatic rings. The molecular weight excluding hydrogens is 278 g/mol. The first-order valence-corrected chi connectivity index (χ1v) is 7.49. The van der Waals surface area contributed by atoms with E-state index in [4.69, 9.17) is 4.42 Å². The topological polar surface area (TPSA) is 74.9 Å². The minimum absolute atomic E-state index is 0.0115. The predicted molar refractivity (Wildman–Crippen MR) is 75.1 cm³/mol. The second kappa shape index (κ2) is 5.70. The van der Waals surface area contributed by atoms with Crippen molar-refractivity contribution < 1.29 is 14.0 Å². The SMILES string of the molecule is O=C(NC1=NCCS1)[C@H]1CC(=O)N(Cc2ccco2)C1. The molecular formula is C13H15N3O3S. The molecule has 1 atom stereocenters. The smallest absolute Gasteiger partial charge is 0.231 e. The van der Waals surface area contributed by atoms with E-state index in [2.05, 4.69) is 10.3 Å². The Kier molecular flexibility index (Phi) is 3.77. The lowest BCUT2D eigenvalue weighted by Gasteiger charge is -2.14. The van der Waals surface area contributed by atoms with Gasteiger partial charge in [-0.05, 0) is 12.1 Å². The molecule has 0 bridgehead atoms. The van der Waals surface area contributed by atoms with Crippen LogP contribution < -0.4 is 5.32 Å². The van der Waals surface area contributed by atoms with E-state index in [9.17, 15) is 9.59 Å². The van der Waals surface area contributed by atoms with Gasteiger partial charge < -0.3 is 14.6 Å². The molecule has 1 N–H and O–H groups in total. The van der Waals surface area contributed by atoms with Gasteiger partial charge in [0.25, 0.3) is 0 Å². The maximum absolute atomic E-state index is 12.1. The molecule has 0 unspecified atom stereocenters. The van der Waals surface area contributed by atoms with E-state index in [1.165, 1.54) is 11.8 Å². The van der Waals surface area contributed by atoms with Crippen molar-refractivity contribution in [2.24, 2.45) is 10.9 Å².